The van der Waals surface area contributed by atoms with Crippen LogP contribution in [0.4, 0.5) is 0 Å². The predicted molar refractivity (Wildman–Crippen MR) is 71.4 cm³/mol. The third-order valence-corrected chi connectivity index (χ3v) is 4.92. The van der Waals surface area contributed by atoms with Crippen molar-refractivity contribution in [3.63, 3.8) is 0 Å². The van der Waals surface area contributed by atoms with Crippen molar-refractivity contribution >= 4 is 17.2 Å². The van der Waals surface area contributed by atoms with Crippen LogP contribution in [0.25, 0.3) is 0 Å². The second kappa shape index (κ2) is 4.63. The van der Waals surface area contributed by atoms with E-state index in [9.17, 15) is 4.79 Å². The van der Waals surface area contributed by atoms with Crippen molar-refractivity contribution in [3.8, 4) is 0 Å². The monoisotopic (exact) mass is 265 g/mol. The number of piperidine rings is 1. The van der Waals surface area contributed by atoms with Gasteiger partial charge in [-0.1, -0.05) is 0 Å². The zero-order valence-corrected chi connectivity index (χ0v) is 11.6. The van der Waals surface area contributed by atoms with Gasteiger partial charge in [0, 0.05) is 18.5 Å². The summed E-state index contributed by atoms with van der Waals surface area (Å²) in [4.78, 5) is 19.0. The average molecular weight is 265 g/mol. The molecule has 5 heteroatoms. The number of carbonyl (C=O) groups is 1. The van der Waals surface area contributed by atoms with Crippen LogP contribution < -0.4 is 5.32 Å². The highest BCUT2D eigenvalue weighted by Gasteiger charge is 2.46. The first kappa shape index (κ1) is 12.1. The Morgan fingerprint density at radius 2 is 2.44 bits per heavy atom. The highest BCUT2D eigenvalue weighted by molar-refractivity contribution is 7.09. The molecule has 2 aliphatic rings. The van der Waals surface area contributed by atoms with Crippen molar-refractivity contribution in [2.45, 2.75) is 32.7 Å². The molecule has 3 heterocycles. The molecule has 1 atom stereocenters. The zero-order chi connectivity index (χ0) is 12.6. The molecule has 0 unspecified atom stereocenters. The van der Waals surface area contributed by atoms with Crippen LogP contribution in [0, 0.1) is 12.3 Å². The Morgan fingerprint density at radius 1 is 1.56 bits per heavy atom. The van der Waals surface area contributed by atoms with E-state index in [1.54, 1.807) is 11.3 Å². The van der Waals surface area contributed by atoms with Gasteiger partial charge in [0.1, 0.15) is 0 Å². The number of amides is 1. The maximum atomic E-state index is 12.6. The van der Waals surface area contributed by atoms with Gasteiger partial charge in [0.25, 0.3) is 0 Å². The second-order valence-electron chi connectivity index (χ2n) is 5.40. The smallest absolute Gasteiger partial charge is 0.230 e. The Hall–Kier alpha value is -0.940. The van der Waals surface area contributed by atoms with Gasteiger partial charge in [-0.3, -0.25) is 4.79 Å². The standard InChI is InChI=1S/C13H19N3OS/c1-10-15-11(8-18-10)7-16-6-4-13(12(16)17)3-2-5-14-9-13/h8,14H,2-7,9H2,1H3/t13-/m0/s1. The summed E-state index contributed by atoms with van der Waals surface area (Å²) in [7, 11) is 0. The van der Waals surface area contributed by atoms with Crippen LogP contribution in [0.1, 0.15) is 30.0 Å². The Balaban J connectivity index is 1.70. The first-order chi connectivity index (χ1) is 8.70. The van der Waals surface area contributed by atoms with Crippen molar-refractivity contribution in [1.82, 2.24) is 15.2 Å². The quantitative estimate of drug-likeness (QED) is 0.882. The fourth-order valence-corrected chi connectivity index (χ4v) is 3.69. The largest absolute Gasteiger partial charge is 0.336 e. The highest BCUT2D eigenvalue weighted by atomic mass is 32.1. The van der Waals surface area contributed by atoms with Crippen molar-refractivity contribution in [2.24, 2.45) is 5.41 Å². The molecule has 1 amide bonds. The molecule has 0 saturated carbocycles. The number of aryl methyl sites for hydroxylation is 1. The summed E-state index contributed by atoms with van der Waals surface area (Å²) in [5.74, 6) is 0.334. The maximum Gasteiger partial charge on any atom is 0.230 e. The summed E-state index contributed by atoms with van der Waals surface area (Å²) >= 11 is 1.65. The van der Waals surface area contributed by atoms with Crippen LogP contribution in [0.3, 0.4) is 0 Å². The van der Waals surface area contributed by atoms with E-state index >= 15 is 0 Å². The second-order valence-corrected chi connectivity index (χ2v) is 6.46. The van der Waals surface area contributed by atoms with Crippen molar-refractivity contribution in [1.29, 1.82) is 0 Å². The van der Waals surface area contributed by atoms with Crippen LogP contribution in [-0.2, 0) is 11.3 Å². The van der Waals surface area contributed by atoms with Gasteiger partial charge < -0.3 is 10.2 Å². The highest BCUT2D eigenvalue weighted by Crippen LogP contribution is 2.38. The van der Waals surface area contributed by atoms with Crippen LogP contribution >= 0.6 is 11.3 Å². The molecule has 0 bridgehead atoms. The van der Waals surface area contributed by atoms with Gasteiger partial charge in [0.2, 0.25) is 5.91 Å². The van der Waals surface area contributed by atoms with Gasteiger partial charge in [0.05, 0.1) is 22.7 Å². The lowest BCUT2D eigenvalue weighted by Gasteiger charge is -2.32. The van der Waals surface area contributed by atoms with Gasteiger partial charge in [-0.15, -0.1) is 11.3 Å². The van der Waals surface area contributed by atoms with E-state index in [-0.39, 0.29) is 5.41 Å². The van der Waals surface area contributed by atoms with Crippen LogP contribution in [0.2, 0.25) is 0 Å². The maximum absolute atomic E-state index is 12.6. The number of hydrogen-bond donors (Lipinski definition) is 1. The van der Waals surface area contributed by atoms with Crippen molar-refractivity contribution in [2.75, 3.05) is 19.6 Å². The fourth-order valence-electron chi connectivity index (χ4n) is 3.08. The fraction of sp³-hybridized carbons (Fsp3) is 0.692. The topological polar surface area (TPSA) is 45.2 Å². The van der Waals surface area contributed by atoms with Gasteiger partial charge in [-0.25, -0.2) is 4.98 Å². The lowest BCUT2D eigenvalue weighted by molar-refractivity contribution is -0.137. The van der Waals surface area contributed by atoms with E-state index in [0.29, 0.717) is 12.5 Å². The minimum Gasteiger partial charge on any atom is -0.336 e. The normalized spacial score (nSPS) is 28.3. The molecule has 1 spiro atoms. The molecule has 2 aliphatic heterocycles. The number of rotatable bonds is 2. The number of nitrogens with one attached hydrogen (secondary N) is 1. The molecule has 4 nitrogen and oxygen atoms in total. The molecule has 1 N–H and O–H groups in total. The number of carbonyl (C=O) groups excluding carboxylic acids is 1. The van der Waals surface area contributed by atoms with Crippen LogP contribution in [-0.4, -0.2) is 35.4 Å². The predicted octanol–water partition coefficient (Wildman–Crippen LogP) is 1.55. The Bertz CT molecular complexity index is 451. The molecular weight excluding hydrogens is 246 g/mol. The van der Waals surface area contributed by atoms with Gasteiger partial charge >= 0.3 is 0 Å². The summed E-state index contributed by atoms with van der Waals surface area (Å²) in [5.41, 5.74) is 0.926. The SMILES string of the molecule is Cc1nc(CN2CC[C@]3(CCCNC3)C2=O)cs1. The Morgan fingerprint density at radius 3 is 3.11 bits per heavy atom. The van der Waals surface area contributed by atoms with E-state index in [0.717, 1.165) is 49.6 Å². The van der Waals surface area contributed by atoms with E-state index < -0.39 is 0 Å². The molecule has 0 aliphatic carbocycles. The summed E-state index contributed by atoms with van der Waals surface area (Å²) < 4.78 is 0. The number of thiazole rings is 1. The van der Waals surface area contributed by atoms with Crippen LogP contribution in [0.15, 0.2) is 5.38 Å². The molecular formula is C13H19N3OS. The average Bonchev–Trinajstić information content (AvgIpc) is 2.91. The Labute approximate surface area is 111 Å². The zero-order valence-electron chi connectivity index (χ0n) is 10.7. The summed E-state index contributed by atoms with van der Waals surface area (Å²) in [6.45, 7) is 5.49. The van der Waals surface area contributed by atoms with Crippen LogP contribution in [0.5, 0.6) is 0 Å². The van der Waals surface area contributed by atoms with E-state index in [1.807, 2.05) is 11.8 Å². The van der Waals surface area contributed by atoms with E-state index in [2.05, 4.69) is 15.7 Å². The summed E-state index contributed by atoms with van der Waals surface area (Å²) in [6.07, 6.45) is 3.17. The van der Waals surface area contributed by atoms with Crippen molar-refractivity contribution < 1.29 is 4.79 Å². The molecule has 1 aromatic rings. The molecule has 18 heavy (non-hydrogen) atoms. The lowest BCUT2D eigenvalue weighted by Crippen LogP contribution is -2.45. The third kappa shape index (κ3) is 2.06. The molecule has 3 rings (SSSR count). The minimum absolute atomic E-state index is 0.108. The van der Waals surface area contributed by atoms with E-state index in [4.69, 9.17) is 0 Å². The number of nitrogens with zero attached hydrogens (tertiary/aromatic N) is 2. The summed E-state index contributed by atoms with van der Waals surface area (Å²) in [5, 5.41) is 6.51. The van der Waals surface area contributed by atoms with Gasteiger partial charge in [0.15, 0.2) is 0 Å². The molecule has 0 radical (unpaired) electrons. The first-order valence-electron chi connectivity index (χ1n) is 6.61. The number of hydrogen-bond acceptors (Lipinski definition) is 4. The molecule has 1 aromatic heterocycles. The summed E-state index contributed by atoms with van der Waals surface area (Å²) in [6, 6.07) is 0. The number of likely N-dealkylation sites (tertiary alicyclic amines) is 1. The minimum atomic E-state index is -0.108. The molecule has 98 valence electrons. The van der Waals surface area contributed by atoms with Gasteiger partial charge in [-0.05, 0) is 32.7 Å². The molecule has 2 fully saturated rings. The van der Waals surface area contributed by atoms with Gasteiger partial charge in [-0.2, -0.15) is 0 Å². The molecule has 0 aromatic carbocycles. The third-order valence-electron chi connectivity index (χ3n) is 4.09. The first-order valence-corrected chi connectivity index (χ1v) is 7.49. The van der Waals surface area contributed by atoms with E-state index in [1.165, 1.54) is 0 Å². The number of aromatic nitrogens is 1. The Kier molecular flexibility index (Phi) is 3.11. The lowest BCUT2D eigenvalue weighted by atomic mass is 9.79. The molecule has 2 saturated heterocycles. The van der Waals surface area contributed by atoms with Crippen molar-refractivity contribution in [3.05, 3.63) is 16.1 Å².